The number of aromatic nitrogens is 1. The normalized spacial score (nSPS) is 30.6. The highest BCUT2D eigenvalue weighted by Gasteiger charge is 2.48. The van der Waals surface area contributed by atoms with Gasteiger partial charge in [0.25, 0.3) is 0 Å². The molecular formula is C17H20N2O. The van der Waals surface area contributed by atoms with Gasteiger partial charge >= 0.3 is 0 Å². The maximum atomic E-state index is 11.4. The van der Waals surface area contributed by atoms with Crippen molar-refractivity contribution in [1.29, 1.82) is 0 Å². The van der Waals surface area contributed by atoms with Gasteiger partial charge in [-0.1, -0.05) is 24.6 Å². The van der Waals surface area contributed by atoms with Crippen LogP contribution in [0, 0.1) is 0 Å². The van der Waals surface area contributed by atoms with E-state index >= 15 is 0 Å². The molecule has 0 amide bonds. The van der Waals surface area contributed by atoms with E-state index in [0.29, 0.717) is 0 Å². The molecular weight excluding hydrogens is 248 g/mol. The maximum absolute atomic E-state index is 11.4. The maximum Gasteiger partial charge on any atom is 0.107 e. The summed E-state index contributed by atoms with van der Waals surface area (Å²) in [6.45, 7) is 2.15. The number of hydrogen-bond donors (Lipinski definition) is 1. The Labute approximate surface area is 119 Å². The van der Waals surface area contributed by atoms with Gasteiger partial charge in [-0.25, -0.2) is 0 Å². The van der Waals surface area contributed by atoms with Crippen molar-refractivity contribution >= 4 is 10.9 Å². The highest BCUT2D eigenvalue weighted by molar-refractivity contribution is 5.83. The van der Waals surface area contributed by atoms with Crippen LogP contribution in [0.25, 0.3) is 10.9 Å². The van der Waals surface area contributed by atoms with Gasteiger partial charge in [0, 0.05) is 24.2 Å². The van der Waals surface area contributed by atoms with Crippen LogP contribution < -0.4 is 0 Å². The van der Waals surface area contributed by atoms with E-state index in [4.69, 9.17) is 0 Å². The minimum Gasteiger partial charge on any atom is -0.383 e. The van der Waals surface area contributed by atoms with Gasteiger partial charge in [0.2, 0.25) is 0 Å². The second-order valence-corrected chi connectivity index (χ2v) is 6.10. The van der Waals surface area contributed by atoms with Gasteiger partial charge in [0.05, 0.1) is 5.52 Å². The van der Waals surface area contributed by atoms with E-state index in [1.807, 2.05) is 24.4 Å². The largest absolute Gasteiger partial charge is 0.383 e. The predicted octanol–water partition coefficient (Wildman–Crippen LogP) is 2.68. The summed E-state index contributed by atoms with van der Waals surface area (Å²) in [5, 5.41) is 12.5. The molecule has 2 unspecified atom stereocenters. The zero-order chi connectivity index (χ0) is 13.6. The average Bonchev–Trinajstić information content (AvgIpc) is 2.86. The molecule has 3 heterocycles. The van der Waals surface area contributed by atoms with Gasteiger partial charge in [0.1, 0.15) is 5.60 Å². The van der Waals surface area contributed by atoms with E-state index in [-0.39, 0.29) is 6.04 Å². The molecule has 104 valence electrons. The molecule has 1 aromatic carbocycles. The fourth-order valence-electron chi connectivity index (χ4n) is 4.08. The second kappa shape index (κ2) is 4.54. The molecule has 4 rings (SSSR count). The third kappa shape index (κ3) is 1.70. The number of fused-ring (bicyclic) bond motifs is 2. The number of piperidine rings is 1. The molecule has 2 aliphatic rings. The topological polar surface area (TPSA) is 36.4 Å². The Morgan fingerprint density at radius 3 is 3.05 bits per heavy atom. The van der Waals surface area contributed by atoms with Crippen LogP contribution in [0.2, 0.25) is 0 Å². The Balaban J connectivity index is 1.86. The smallest absolute Gasteiger partial charge is 0.107 e. The third-order valence-corrected chi connectivity index (χ3v) is 5.06. The molecule has 0 spiro atoms. The summed E-state index contributed by atoms with van der Waals surface area (Å²) in [5.41, 5.74) is 1.34. The third-order valence-electron chi connectivity index (χ3n) is 5.06. The first-order chi connectivity index (χ1) is 9.79. The van der Waals surface area contributed by atoms with Crippen LogP contribution in [-0.4, -0.2) is 34.1 Å². The summed E-state index contributed by atoms with van der Waals surface area (Å²) < 4.78 is 0. The van der Waals surface area contributed by atoms with Gasteiger partial charge in [-0.05, 0) is 43.5 Å². The number of rotatable bonds is 1. The first-order valence-corrected chi connectivity index (χ1v) is 7.60. The first kappa shape index (κ1) is 12.3. The molecule has 2 atom stereocenters. The quantitative estimate of drug-likeness (QED) is 0.864. The summed E-state index contributed by atoms with van der Waals surface area (Å²) in [6, 6.07) is 10.5. The lowest BCUT2D eigenvalue weighted by atomic mass is 9.81. The Morgan fingerprint density at radius 2 is 2.10 bits per heavy atom. The summed E-state index contributed by atoms with van der Waals surface area (Å²) in [7, 11) is 0. The Morgan fingerprint density at radius 1 is 1.15 bits per heavy atom. The lowest BCUT2D eigenvalue weighted by molar-refractivity contribution is -0.0126. The Hall–Kier alpha value is -1.45. The number of benzene rings is 1. The summed E-state index contributed by atoms with van der Waals surface area (Å²) in [4.78, 5) is 6.89. The first-order valence-electron chi connectivity index (χ1n) is 7.60. The van der Waals surface area contributed by atoms with Gasteiger partial charge in [-0.2, -0.15) is 0 Å². The fraction of sp³-hybridized carbons (Fsp3) is 0.471. The van der Waals surface area contributed by atoms with Crippen LogP contribution in [0.3, 0.4) is 0 Å². The standard InChI is InChI=1S/C17H20N2O/c20-17(9-12-19-11-2-1-8-16(17)19)14-6-3-7-15-13(14)5-4-10-18-15/h3-7,10,16,20H,1-2,8-9,11-12H2. The van der Waals surface area contributed by atoms with E-state index in [1.54, 1.807) is 0 Å². The minimum absolute atomic E-state index is 0.280. The molecule has 0 bridgehead atoms. The molecule has 1 aromatic heterocycles. The van der Waals surface area contributed by atoms with Crippen molar-refractivity contribution in [3.05, 3.63) is 42.1 Å². The Kier molecular flexibility index (Phi) is 2.79. The van der Waals surface area contributed by atoms with Gasteiger partial charge < -0.3 is 5.11 Å². The van der Waals surface area contributed by atoms with Crippen molar-refractivity contribution in [3.63, 3.8) is 0 Å². The van der Waals surface area contributed by atoms with Crippen LogP contribution in [0.15, 0.2) is 36.5 Å². The van der Waals surface area contributed by atoms with Crippen molar-refractivity contribution in [2.45, 2.75) is 37.3 Å². The van der Waals surface area contributed by atoms with Crippen molar-refractivity contribution < 1.29 is 5.11 Å². The highest BCUT2D eigenvalue weighted by atomic mass is 16.3. The van der Waals surface area contributed by atoms with E-state index in [0.717, 1.165) is 42.4 Å². The molecule has 2 fully saturated rings. The molecule has 0 saturated carbocycles. The zero-order valence-corrected chi connectivity index (χ0v) is 11.6. The molecule has 3 nitrogen and oxygen atoms in total. The van der Waals surface area contributed by atoms with Crippen LogP contribution in [0.4, 0.5) is 0 Å². The number of hydrogen-bond acceptors (Lipinski definition) is 3. The second-order valence-electron chi connectivity index (χ2n) is 6.10. The van der Waals surface area contributed by atoms with E-state index in [2.05, 4.69) is 22.0 Å². The van der Waals surface area contributed by atoms with Crippen molar-refractivity contribution in [2.24, 2.45) is 0 Å². The van der Waals surface area contributed by atoms with Crippen LogP contribution >= 0.6 is 0 Å². The minimum atomic E-state index is -0.705. The van der Waals surface area contributed by atoms with E-state index < -0.39 is 5.60 Å². The fourth-order valence-corrected chi connectivity index (χ4v) is 4.08. The molecule has 20 heavy (non-hydrogen) atoms. The summed E-state index contributed by atoms with van der Waals surface area (Å²) >= 11 is 0. The number of nitrogens with zero attached hydrogens (tertiary/aromatic N) is 2. The van der Waals surface area contributed by atoms with Crippen molar-refractivity contribution in [3.8, 4) is 0 Å². The highest BCUT2D eigenvalue weighted by Crippen LogP contribution is 2.43. The zero-order valence-electron chi connectivity index (χ0n) is 11.6. The lowest BCUT2D eigenvalue weighted by Crippen LogP contribution is -2.45. The van der Waals surface area contributed by atoms with Crippen LogP contribution in [0.1, 0.15) is 31.2 Å². The van der Waals surface area contributed by atoms with Gasteiger partial charge in [-0.15, -0.1) is 0 Å². The van der Waals surface area contributed by atoms with E-state index in [1.165, 1.54) is 12.8 Å². The number of aliphatic hydroxyl groups is 1. The molecule has 1 N–H and O–H groups in total. The molecule has 2 aliphatic heterocycles. The average molecular weight is 268 g/mol. The van der Waals surface area contributed by atoms with E-state index in [9.17, 15) is 5.11 Å². The molecule has 2 saturated heterocycles. The Bertz CT molecular complexity index is 636. The molecule has 3 heteroatoms. The number of pyridine rings is 1. The lowest BCUT2D eigenvalue weighted by Gasteiger charge is -2.38. The van der Waals surface area contributed by atoms with Crippen molar-refractivity contribution in [2.75, 3.05) is 13.1 Å². The predicted molar refractivity (Wildman–Crippen MR) is 79.5 cm³/mol. The monoisotopic (exact) mass is 268 g/mol. The van der Waals surface area contributed by atoms with Gasteiger partial charge in [-0.3, -0.25) is 9.88 Å². The van der Waals surface area contributed by atoms with Crippen LogP contribution in [-0.2, 0) is 5.60 Å². The van der Waals surface area contributed by atoms with Crippen LogP contribution in [0.5, 0.6) is 0 Å². The molecule has 0 aliphatic carbocycles. The SMILES string of the molecule is OC1(c2cccc3ncccc23)CCN2CCCCC21. The summed E-state index contributed by atoms with van der Waals surface area (Å²) in [6.07, 6.45) is 6.26. The molecule has 0 radical (unpaired) electrons. The van der Waals surface area contributed by atoms with Gasteiger partial charge in [0.15, 0.2) is 0 Å². The van der Waals surface area contributed by atoms with Crippen molar-refractivity contribution in [1.82, 2.24) is 9.88 Å². The summed E-state index contributed by atoms with van der Waals surface area (Å²) in [5.74, 6) is 0. The molecule has 2 aromatic rings.